The second-order valence-electron chi connectivity index (χ2n) is 7.12. The number of amides is 2. The SMILES string of the molecule is COc1ccc(C(=O)Nc2ccc(N(C)C)c(C(=O)NCc3ccc(F)cc3)c2)cc1. The van der Waals surface area contributed by atoms with Gasteiger partial charge in [0.2, 0.25) is 0 Å². The molecule has 160 valence electrons. The molecule has 0 radical (unpaired) electrons. The van der Waals surface area contributed by atoms with Gasteiger partial charge in [0, 0.05) is 37.6 Å². The van der Waals surface area contributed by atoms with Gasteiger partial charge in [0.1, 0.15) is 11.6 Å². The van der Waals surface area contributed by atoms with Crippen LogP contribution in [0.1, 0.15) is 26.3 Å². The van der Waals surface area contributed by atoms with Crippen molar-refractivity contribution in [2.24, 2.45) is 0 Å². The van der Waals surface area contributed by atoms with Crippen molar-refractivity contribution in [2.45, 2.75) is 6.54 Å². The summed E-state index contributed by atoms with van der Waals surface area (Å²) in [5.41, 5.74) is 2.88. The monoisotopic (exact) mass is 421 g/mol. The van der Waals surface area contributed by atoms with E-state index in [1.165, 1.54) is 12.1 Å². The number of rotatable bonds is 7. The molecule has 0 aliphatic carbocycles. The number of halogens is 1. The van der Waals surface area contributed by atoms with Crippen LogP contribution in [0, 0.1) is 5.82 Å². The van der Waals surface area contributed by atoms with Crippen LogP contribution in [0.3, 0.4) is 0 Å². The number of carbonyl (C=O) groups excluding carboxylic acids is 2. The molecule has 0 unspecified atom stereocenters. The molecule has 0 fully saturated rings. The summed E-state index contributed by atoms with van der Waals surface area (Å²) in [4.78, 5) is 27.2. The van der Waals surface area contributed by atoms with Crippen molar-refractivity contribution in [3.8, 4) is 5.75 Å². The molecule has 2 amide bonds. The summed E-state index contributed by atoms with van der Waals surface area (Å²) >= 11 is 0. The maximum absolute atomic E-state index is 13.1. The lowest BCUT2D eigenvalue weighted by Crippen LogP contribution is -2.25. The van der Waals surface area contributed by atoms with Crippen LogP contribution in [0.2, 0.25) is 0 Å². The van der Waals surface area contributed by atoms with E-state index in [2.05, 4.69) is 10.6 Å². The number of hydrogen-bond acceptors (Lipinski definition) is 4. The van der Waals surface area contributed by atoms with E-state index in [0.29, 0.717) is 28.3 Å². The summed E-state index contributed by atoms with van der Waals surface area (Å²) in [6.07, 6.45) is 0. The normalized spacial score (nSPS) is 10.3. The number of nitrogens with zero attached hydrogens (tertiary/aromatic N) is 1. The van der Waals surface area contributed by atoms with Crippen LogP contribution in [0.15, 0.2) is 66.7 Å². The summed E-state index contributed by atoms with van der Waals surface area (Å²) in [5, 5.41) is 5.66. The first-order valence-corrected chi connectivity index (χ1v) is 9.67. The molecule has 0 aliphatic heterocycles. The summed E-state index contributed by atoms with van der Waals surface area (Å²) in [6, 6.07) is 17.8. The highest BCUT2D eigenvalue weighted by Crippen LogP contribution is 2.24. The Bertz CT molecular complexity index is 1060. The third kappa shape index (κ3) is 5.60. The topological polar surface area (TPSA) is 70.7 Å². The van der Waals surface area contributed by atoms with Gasteiger partial charge in [-0.25, -0.2) is 4.39 Å². The number of benzene rings is 3. The van der Waals surface area contributed by atoms with Gasteiger partial charge in [0.15, 0.2) is 0 Å². The molecule has 0 saturated heterocycles. The third-order valence-corrected chi connectivity index (χ3v) is 4.70. The molecule has 3 aromatic carbocycles. The summed E-state index contributed by atoms with van der Waals surface area (Å²) < 4.78 is 18.2. The van der Waals surface area contributed by atoms with Crippen molar-refractivity contribution in [2.75, 3.05) is 31.4 Å². The van der Waals surface area contributed by atoms with Crippen molar-refractivity contribution in [1.29, 1.82) is 0 Å². The molecule has 0 heterocycles. The molecule has 0 aromatic heterocycles. The average Bonchev–Trinajstić information content (AvgIpc) is 2.78. The first kappa shape index (κ1) is 21.8. The molecule has 0 spiro atoms. The zero-order chi connectivity index (χ0) is 22.4. The first-order valence-electron chi connectivity index (χ1n) is 9.67. The summed E-state index contributed by atoms with van der Waals surface area (Å²) in [7, 11) is 5.23. The van der Waals surface area contributed by atoms with Gasteiger partial charge in [-0.05, 0) is 60.2 Å². The Labute approximate surface area is 180 Å². The van der Waals surface area contributed by atoms with Crippen LogP contribution in [0.5, 0.6) is 5.75 Å². The fraction of sp³-hybridized carbons (Fsp3) is 0.167. The largest absolute Gasteiger partial charge is 0.497 e. The highest BCUT2D eigenvalue weighted by Gasteiger charge is 2.15. The average molecular weight is 421 g/mol. The van der Waals surface area contributed by atoms with Crippen LogP contribution in [-0.4, -0.2) is 33.0 Å². The molecule has 0 aliphatic rings. The van der Waals surface area contributed by atoms with E-state index in [4.69, 9.17) is 4.74 Å². The van der Waals surface area contributed by atoms with Gasteiger partial charge < -0.3 is 20.3 Å². The van der Waals surface area contributed by atoms with E-state index >= 15 is 0 Å². The number of methoxy groups -OCH3 is 1. The minimum Gasteiger partial charge on any atom is -0.497 e. The molecule has 0 bridgehead atoms. The molecule has 6 nitrogen and oxygen atoms in total. The quantitative estimate of drug-likeness (QED) is 0.603. The van der Waals surface area contributed by atoms with E-state index in [0.717, 1.165) is 5.56 Å². The molecule has 3 aromatic rings. The predicted octanol–water partition coefficient (Wildman–Crippen LogP) is 4.08. The fourth-order valence-electron chi connectivity index (χ4n) is 3.01. The van der Waals surface area contributed by atoms with Gasteiger partial charge in [0.05, 0.1) is 12.7 Å². The Morgan fingerprint density at radius 1 is 0.935 bits per heavy atom. The Morgan fingerprint density at radius 3 is 2.23 bits per heavy atom. The maximum Gasteiger partial charge on any atom is 0.255 e. The van der Waals surface area contributed by atoms with E-state index in [9.17, 15) is 14.0 Å². The molecular weight excluding hydrogens is 397 g/mol. The van der Waals surface area contributed by atoms with Crippen LogP contribution >= 0.6 is 0 Å². The van der Waals surface area contributed by atoms with Crippen LogP contribution in [0.25, 0.3) is 0 Å². The second-order valence-corrected chi connectivity index (χ2v) is 7.12. The minimum absolute atomic E-state index is 0.258. The fourth-order valence-corrected chi connectivity index (χ4v) is 3.01. The van der Waals surface area contributed by atoms with Crippen molar-refractivity contribution >= 4 is 23.2 Å². The second kappa shape index (κ2) is 9.75. The van der Waals surface area contributed by atoms with E-state index in [1.807, 2.05) is 19.0 Å². The molecule has 3 rings (SSSR count). The third-order valence-electron chi connectivity index (χ3n) is 4.70. The smallest absolute Gasteiger partial charge is 0.255 e. The lowest BCUT2D eigenvalue weighted by molar-refractivity contribution is 0.0950. The van der Waals surface area contributed by atoms with Crippen molar-refractivity contribution in [1.82, 2.24) is 5.32 Å². The van der Waals surface area contributed by atoms with Crippen LogP contribution in [-0.2, 0) is 6.54 Å². The molecule has 2 N–H and O–H groups in total. The Hall–Kier alpha value is -3.87. The molecule has 7 heteroatoms. The number of hydrogen-bond donors (Lipinski definition) is 2. The zero-order valence-electron chi connectivity index (χ0n) is 17.6. The van der Waals surface area contributed by atoms with Gasteiger partial charge >= 0.3 is 0 Å². The standard InChI is InChI=1S/C24H24FN3O3/c1-28(2)22-13-10-19(27-23(29)17-6-11-20(31-3)12-7-17)14-21(22)24(30)26-15-16-4-8-18(25)9-5-16/h4-14H,15H2,1-3H3,(H,26,30)(H,27,29). The van der Waals surface area contributed by atoms with Gasteiger partial charge in [-0.1, -0.05) is 12.1 Å². The van der Waals surface area contributed by atoms with E-state index < -0.39 is 0 Å². The van der Waals surface area contributed by atoms with E-state index in [-0.39, 0.29) is 24.2 Å². The first-order chi connectivity index (χ1) is 14.9. The summed E-state index contributed by atoms with van der Waals surface area (Å²) in [6.45, 7) is 0.258. The predicted molar refractivity (Wildman–Crippen MR) is 119 cm³/mol. The Kier molecular flexibility index (Phi) is 6.87. The van der Waals surface area contributed by atoms with Crippen molar-refractivity contribution in [3.63, 3.8) is 0 Å². The lowest BCUT2D eigenvalue weighted by Gasteiger charge is -2.18. The van der Waals surface area contributed by atoms with Gasteiger partial charge in [0.25, 0.3) is 11.8 Å². The summed E-state index contributed by atoms with van der Waals surface area (Å²) in [5.74, 6) is -0.260. The zero-order valence-corrected chi connectivity index (χ0v) is 17.6. The van der Waals surface area contributed by atoms with Crippen LogP contribution < -0.4 is 20.3 Å². The van der Waals surface area contributed by atoms with Gasteiger partial charge in [-0.2, -0.15) is 0 Å². The maximum atomic E-state index is 13.1. The van der Waals surface area contributed by atoms with Crippen LogP contribution in [0.4, 0.5) is 15.8 Å². The number of ether oxygens (including phenoxy) is 1. The van der Waals surface area contributed by atoms with Gasteiger partial charge in [-0.15, -0.1) is 0 Å². The number of anilines is 2. The van der Waals surface area contributed by atoms with Crippen molar-refractivity contribution < 1.29 is 18.7 Å². The molecule has 0 atom stereocenters. The van der Waals surface area contributed by atoms with Crippen molar-refractivity contribution in [3.05, 3.63) is 89.2 Å². The highest BCUT2D eigenvalue weighted by atomic mass is 19.1. The number of nitrogens with one attached hydrogen (secondary N) is 2. The molecule has 0 saturated carbocycles. The molecule has 31 heavy (non-hydrogen) atoms. The van der Waals surface area contributed by atoms with Gasteiger partial charge in [-0.3, -0.25) is 9.59 Å². The molecular formula is C24H24FN3O3. The number of carbonyl (C=O) groups is 2. The lowest BCUT2D eigenvalue weighted by atomic mass is 10.1. The Morgan fingerprint density at radius 2 is 1.61 bits per heavy atom. The minimum atomic E-state index is -0.328. The van der Waals surface area contributed by atoms with E-state index in [1.54, 1.807) is 61.7 Å². The highest BCUT2D eigenvalue weighted by molar-refractivity contribution is 6.06. The Balaban J connectivity index is 1.76.